The zero-order valence-corrected chi connectivity index (χ0v) is 22.5. The van der Waals surface area contributed by atoms with E-state index in [9.17, 15) is 4.79 Å². The van der Waals surface area contributed by atoms with Crippen LogP contribution >= 0.6 is 34.5 Å². The molecule has 0 bridgehead atoms. The van der Waals surface area contributed by atoms with E-state index >= 15 is 0 Å². The molecular formula is C29H21Cl2N3O3S. The van der Waals surface area contributed by atoms with Gasteiger partial charge in [0.2, 0.25) is 0 Å². The van der Waals surface area contributed by atoms with Crippen molar-refractivity contribution in [3.63, 3.8) is 0 Å². The van der Waals surface area contributed by atoms with Crippen molar-refractivity contribution < 1.29 is 14.6 Å². The van der Waals surface area contributed by atoms with E-state index in [2.05, 4.69) is 40.7 Å². The predicted molar refractivity (Wildman–Crippen MR) is 153 cm³/mol. The predicted octanol–water partition coefficient (Wildman–Crippen LogP) is 8.66. The lowest BCUT2D eigenvalue weighted by Crippen LogP contribution is -1.95. The zero-order valence-electron chi connectivity index (χ0n) is 20.1. The molecule has 5 aromatic rings. The molecule has 0 aliphatic rings. The molecule has 6 nitrogen and oxygen atoms in total. The van der Waals surface area contributed by atoms with Crippen LogP contribution in [0.1, 0.15) is 28.8 Å². The minimum Gasteiger partial charge on any atom is -0.476 e. The summed E-state index contributed by atoms with van der Waals surface area (Å²) < 4.78 is 7.74. The lowest BCUT2D eigenvalue weighted by atomic mass is 10.0. The standard InChI is InChI=1S/C29H21Cl2N3O3S/c1-2-34-16-25(23-13-10-21(30)15-24(23)31)32-27(34)14-5-18-3-6-19(7-4-18)20-8-11-22(12-9-20)37-29-33-26(17-38-29)28(35)36/h3-17H,2H2,1H3,(H,35,36). The highest BCUT2D eigenvalue weighted by Gasteiger charge is 2.12. The summed E-state index contributed by atoms with van der Waals surface area (Å²) >= 11 is 13.6. The van der Waals surface area contributed by atoms with E-state index in [0.29, 0.717) is 21.0 Å². The molecule has 0 saturated heterocycles. The first kappa shape index (κ1) is 25.7. The summed E-state index contributed by atoms with van der Waals surface area (Å²) in [5, 5.41) is 11.9. The molecule has 0 atom stereocenters. The Hall–Kier alpha value is -3.91. The van der Waals surface area contributed by atoms with Gasteiger partial charge in [-0.15, -0.1) is 0 Å². The van der Waals surface area contributed by atoms with Gasteiger partial charge in [0, 0.05) is 28.7 Å². The third-order valence-corrected chi connectivity index (χ3v) is 7.05. The van der Waals surface area contributed by atoms with E-state index in [0.717, 1.165) is 51.7 Å². The Kier molecular flexibility index (Phi) is 7.60. The molecule has 38 heavy (non-hydrogen) atoms. The largest absolute Gasteiger partial charge is 0.476 e. The molecule has 0 amide bonds. The molecule has 0 fully saturated rings. The number of aryl methyl sites for hydroxylation is 1. The van der Waals surface area contributed by atoms with E-state index in [1.165, 1.54) is 5.38 Å². The second-order valence-corrected chi connectivity index (χ2v) is 9.94. The van der Waals surface area contributed by atoms with Gasteiger partial charge in [-0.05, 0) is 60.0 Å². The Labute approximate surface area is 233 Å². The SMILES string of the molecule is CCn1cc(-c2ccc(Cl)cc2Cl)nc1C=Cc1ccc(-c2ccc(Oc3nc(C(=O)O)cs3)cc2)cc1. The topological polar surface area (TPSA) is 77.2 Å². The van der Waals surface area contributed by atoms with Crippen LogP contribution < -0.4 is 4.74 Å². The van der Waals surface area contributed by atoms with Gasteiger partial charge in [-0.25, -0.2) is 9.78 Å². The normalized spacial score (nSPS) is 11.2. The van der Waals surface area contributed by atoms with Gasteiger partial charge < -0.3 is 14.4 Å². The van der Waals surface area contributed by atoms with Crippen molar-refractivity contribution in [1.29, 1.82) is 0 Å². The number of hydrogen-bond donors (Lipinski definition) is 1. The average molecular weight is 562 g/mol. The van der Waals surface area contributed by atoms with Crippen molar-refractivity contribution in [3.05, 3.63) is 105 Å². The number of carboxylic acid groups (broad SMARTS) is 1. The highest BCUT2D eigenvalue weighted by molar-refractivity contribution is 7.11. The van der Waals surface area contributed by atoms with Gasteiger partial charge in [0.15, 0.2) is 5.69 Å². The molecule has 1 N–H and O–H groups in total. The van der Waals surface area contributed by atoms with Gasteiger partial charge >= 0.3 is 5.97 Å². The first-order valence-electron chi connectivity index (χ1n) is 11.7. The highest BCUT2D eigenvalue weighted by Crippen LogP contribution is 2.31. The van der Waals surface area contributed by atoms with Crippen molar-refractivity contribution in [1.82, 2.24) is 14.5 Å². The molecule has 0 radical (unpaired) electrons. The van der Waals surface area contributed by atoms with Crippen LogP contribution in [0.2, 0.25) is 10.0 Å². The van der Waals surface area contributed by atoms with E-state index < -0.39 is 5.97 Å². The molecule has 3 aromatic carbocycles. The summed E-state index contributed by atoms with van der Waals surface area (Å²) in [5.74, 6) is 0.349. The maximum atomic E-state index is 11.0. The highest BCUT2D eigenvalue weighted by atomic mass is 35.5. The fraction of sp³-hybridized carbons (Fsp3) is 0.0690. The average Bonchev–Trinajstić information content (AvgIpc) is 3.55. The number of thiazole rings is 1. The molecule has 0 spiro atoms. The second-order valence-electron chi connectivity index (χ2n) is 8.28. The minimum absolute atomic E-state index is 0.0270. The fourth-order valence-corrected chi connectivity index (χ4v) is 4.99. The van der Waals surface area contributed by atoms with Crippen molar-refractivity contribution in [2.45, 2.75) is 13.5 Å². The summed E-state index contributed by atoms with van der Waals surface area (Å²) in [6.45, 7) is 2.85. The van der Waals surface area contributed by atoms with Crippen molar-refractivity contribution in [2.75, 3.05) is 0 Å². The van der Waals surface area contributed by atoms with Gasteiger partial charge in [-0.2, -0.15) is 4.98 Å². The maximum absolute atomic E-state index is 11.0. The van der Waals surface area contributed by atoms with Crippen LogP contribution in [0.25, 0.3) is 34.5 Å². The van der Waals surface area contributed by atoms with Gasteiger partial charge in [0.1, 0.15) is 11.6 Å². The quantitative estimate of drug-likeness (QED) is 0.205. The molecule has 0 aliphatic heterocycles. The second kappa shape index (κ2) is 11.2. The van der Waals surface area contributed by atoms with E-state index in [1.54, 1.807) is 6.07 Å². The summed E-state index contributed by atoms with van der Waals surface area (Å²) in [4.78, 5) is 19.7. The van der Waals surface area contributed by atoms with Gasteiger partial charge in [-0.3, -0.25) is 0 Å². The zero-order chi connectivity index (χ0) is 26.6. The number of hydrogen-bond acceptors (Lipinski definition) is 5. The number of halogens is 2. The monoisotopic (exact) mass is 561 g/mol. The molecule has 2 heterocycles. The molecule has 0 saturated carbocycles. The number of carboxylic acids is 1. The molecule has 5 rings (SSSR count). The Morgan fingerprint density at radius 3 is 2.34 bits per heavy atom. The van der Waals surface area contributed by atoms with Crippen molar-refractivity contribution in [2.24, 2.45) is 0 Å². The number of nitrogens with zero attached hydrogens (tertiary/aromatic N) is 3. The van der Waals surface area contributed by atoms with Crippen molar-refractivity contribution in [3.8, 4) is 33.3 Å². The third kappa shape index (κ3) is 5.81. The first-order valence-corrected chi connectivity index (χ1v) is 13.3. The van der Waals surface area contributed by atoms with Gasteiger partial charge in [0.25, 0.3) is 5.19 Å². The van der Waals surface area contributed by atoms with Crippen LogP contribution in [0.15, 0.2) is 78.3 Å². The molecule has 190 valence electrons. The minimum atomic E-state index is -1.08. The van der Waals surface area contributed by atoms with E-state index in [-0.39, 0.29) is 5.69 Å². The Bertz CT molecular complexity index is 1620. The number of benzene rings is 3. The maximum Gasteiger partial charge on any atom is 0.355 e. The smallest absolute Gasteiger partial charge is 0.355 e. The van der Waals surface area contributed by atoms with E-state index in [4.69, 9.17) is 38.0 Å². The fourth-order valence-electron chi connectivity index (χ4n) is 3.82. The number of carbonyl (C=O) groups is 1. The molecule has 0 unspecified atom stereocenters. The van der Waals surface area contributed by atoms with Gasteiger partial charge in [-0.1, -0.05) is 77.0 Å². The van der Waals surface area contributed by atoms with Crippen LogP contribution in [0, 0.1) is 0 Å². The van der Waals surface area contributed by atoms with Crippen molar-refractivity contribution >= 4 is 52.7 Å². The number of aromatic nitrogens is 3. The number of imidazole rings is 1. The molecule has 0 aliphatic carbocycles. The van der Waals surface area contributed by atoms with Crippen LogP contribution in [0.5, 0.6) is 10.9 Å². The van der Waals surface area contributed by atoms with Gasteiger partial charge in [0.05, 0.1) is 10.7 Å². The summed E-state index contributed by atoms with van der Waals surface area (Å²) in [6, 6.07) is 21.2. The van der Waals surface area contributed by atoms with Crippen LogP contribution in [-0.2, 0) is 6.54 Å². The number of ether oxygens (including phenoxy) is 1. The Morgan fingerprint density at radius 2 is 1.71 bits per heavy atom. The lowest BCUT2D eigenvalue weighted by molar-refractivity contribution is 0.0690. The number of aromatic carboxylic acids is 1. The molecule has 9 heteroatoms. The summed E-state index contributed by atoms with van der Waals surface area (Å²) in [5.41, 5.74) is 4.75. The summed E-state index contributed by atoms with van der Waals surface area (Å²) in [6.07, 6.45) is 6.01. The summed E-state index contributed by atoms with van der Waals surface area (Å²) in [7, 11) is 0. The Balaban J connectivity index is 1.28. The van der Waals surface area contributed by atoms with Crippen LogP contribution in [-0.4, -0.2) is 25.6 Å². The third-order valence-electron chi connectivity index (χ3n) is 5.79. The first-order chi connectivity index (χ1) is 18.4. The number of rotatable bonds is 8. The van der Waals surface area contributed by atoms with E-state index in [1.807, 2.05) is 54.7 Å². The molecule has 2 aromatic heterocycles. The molecular weight excluding hydrogens is 541 g/mol. The Morgan fingerprint density at radius 1 is 1.00 bits per heavy atom. The van der Waals surface area contributed by atoms with Crippen LogP contribution in [0.4, 0.5) is 0 Å². The lowest BCUT2D eigenvalue weighted by Gasteiger charge is -2.05. The van der Waals surface area contributed by atoms with Crippen LogP contribution in [0.3, 0.4) is 0 Å².